The molecule has 0 aliphatic heterocycles. The second-order valence-electron chi connectivity index (χ2n) is 9.74. The molecule has 0 bridgehead atoms. The average Bonchev–Trinajstić information content (AvgIpc) is 2.89. The molecule has 38 heavy (non-hydrogen) atoms. The zero-order chi connectivity index (χ0) is 28.1. The van der Waals surface area contributed by atoms with E-state index >= 15 is 0 Å². The Morgan fingerprint density at radius 1 is 0.947 bits per heavy atom. The lowest BCUT2D eigenvalue weighted by molar-refractivity contribution is -0.138. The van der Waals surface area contributed by atoms with Crippen LogP contribution in [0.3, 0.4) is 0 Å². The van der Waals surface area contributed by atoms with Crippen molar-refractivity contribution in [3.05, 3.63) is 77.9 Å². The Balaban J connectivity index is 2.00. The Hall–Kier alpha value is -3.19. The van der Waals surface area contributed by atoms with Gasteiger partial charge in [-0.1, -0.05) is 70.2 Å². The van der Waals surface area contributed by atoms with E-state index in [-0.39, 0.29) is 19.8 Å². The zero-order valence-corrected chi connectivity index (χ0v) is 24.2. The molecule has 7 heteroatoms. The van der Waals surface area contributed by atoms with E-state index in [9.17, 15) is 9.59 Å². The molecule has 206 valence electrons. The van der Waals surface area contributed by atoms with Crippen LogP contribution in [-0.4, -0.2) is 43.7 Å². The molecule has 0 fully saturated rings. The lowest BCUT2D eigenvalue weighted by atomic mass is 9.87. The number of allylic oxidation sites excluding steroid dienone is 2. The largest absolute Gasteiger partial charge is 0.490 e. The average molecular weight is 540 g/mol. The molecule has 0 saturated heterocycles. The molecule has 0 spiro atoms. The lowest BCUT2D eigenvalue weighted by Gasteiger charge is -2.20. The number of amides is 1. The van der Waals surface area contributed by atoms with Crippen LogP contribution in [0.5, 0.6) is 5.75 Å². The predicted molar refractivity (Wildman–Crippen MR) is 155 cm³/mol. The highest BCUT2D eigenvalue weighted by atomic mass is 32.2. The molecule has 1 amide bonds. The molecule has 0 heterocycles. The Morgan fingerprint density at radius 2 is 1.61 bits per heavy atom. The van der Waals surface area contributed by atoms with E-state index in [0.717, 1.165) is 4.90 Å². The topological polar surface area (TPSA) is 73.9 Å². The fourth-order valence-electron chi connectivity index (χ4n) is 3.68. The summed E-state index contributed by atoms with van der Waals surface area (Å²) in [6.45, 7) is 16.5. The van der Waals surface area contributed by atoms with Crippen LogP contribution in [0.1, 0.15) is 47.1 Å². The molecular formula is C31H41NO5S. The second kappa shape index (κ2) is 15.9. The van der Waals surface area contributed by atoms with Gasteiger partial charge in [-0.05, 0) is 61.1 Å². The van der Waals surface area contributed by atoms with E-state index < -0.39 is 18.2 Å². The standard InChI is InChI=1S/C31H41NO5S/c1-21(2)24(7)29(22(3)4)25-13-15-26(16-14-25)36-19-27(20-38-28-11-9-8-10-12-28)37-31(34)32-17-18-35-30(33)23(5)6/h8-16,21-22,27H,5,17-20H2,1-4,6-7H3,(H,32,34)/b29-24+. The van der Waals surface area contributed by atoms with Gasteiger partial charge < -0.3 is 19.5 Å². The Kier molecular flexibility index (Phi) is 13.0. The number of ether oxygens (including phenoxy) is 3. The first-order valence-electron chi connectivity index (χ1n) is 13.0. The summed E-state index contributed by atoms with van der Waals surface area (Å²) in [7, 11) is 0. The fraction of sp³-hybridized carbons (Fsp3) is 0.419. The maximum Gasteiger partial charge on any atom is 0.407 e. The van der Waals surface area contributed by atoms with Crippen LogP contribution in [0.2, 0.25) is 0 Å². The van der Waals surface area contributed by atoms with E-state index in [1.807, 2.05) is 42.5 Å². The van der Waals surface area contributed by atoms with E-state index in [4.69, 9.17) is 14.2 Å². The molecule has 2 rings (SSSR count). The number of rotatable bonds is 14. The highest BCUT2D eigenvalue weighted by Crippen LogP contribution is 2.31. The Labute approximate surface area is 231 Å². The van der Waals surface area contributed by atoms with E-state index in [1.165, 1.54) is 16.7 Å². The maximum absolute atomic E-state index is 12.4. The summed E-state index contributed by atoms with van der Waals surface area (Å²) >= 11 is 1.59. The summed E-state index contributed by atoms with van der Waals surface area (Å²) in [6.07, 6.45) is -1.09. The van der Waals surface area contributed by atoms with Crippen molar-refractivity contribution in [2.24, 2.45) is 11.8 Å². The number of carbonyl (C=O) groups is 2. The molecule has 0 radical (unpaired) electrons. The number of carbonyl (C=O) groups excluding carboxylic acids is 2. The van der Waals surface area contributed by atoms with Crippen molar-refractivity contribution in [2.45, 2.75) is 52.5 Å². The van der Waals surface area contributed by atoms with Gasteiger partial charge >= 0.3 is 12.1 Å². The van der Waals surface area contributed by atoms with Crippen LogP contribution in [0.15, 0.2) is 77.2 Å². The van der Waals surface area contributed by atoms with Gasteiger partial charge in [-0.15, -0.1) is 11.8 Å². The number of benzene rings is 2. The number of hydrogen-bond donors (Lipinski definition) is 1. The van der Waals surface area contributed by atoms with Gasteiger partial charge in [0.15, 0.2) is 0 Å². The van der Waals surface area contributed by atoms with Crippen molar-refractivity contribution in [2.75, 3.05) is 25.5 Å². The van der Waals surface area contributed by atoms with Gasteiger partial charge in [0.1, 0.15) is 25.1 Å². The first-order valence-corrected chi connectivity index (χ1v) is 14.0. The monoisotopic (exact) mass is 539 g/mol. The van der Waals surface area contributed by atoms with Crippen molar-refractivity contribution in [3.8, 4) is 5.75 Å². The third-order valence-electron chi connectivity index (χ3n) is 5.88. The molecular weight excluding hydrogens is 498 g/mol. The number of esters is 1. The molecule has 0 aliphatic carbocycles. The minimum Gasteiger partial charge on any atom is -0.490 e. The van der Waals surface area contributed by atoms with E-state index in [2.05, 4.69) is 58.6 Å². The first-order chi connectivity index (χ1) is 18.1. The third-order valence-corrected chi connectivity index (χ3v) is 7.02. The van der Waals surface area contributed by atoms with E-state index in [0.29, 0.717) is 28.9 Å². The zero-order valence-electron chi connectivity index (χ0n) is 23.4. The smallest absolute Gasteiger partial charge is 0.407 e. The minimum absolute atomic E-state index is 0.0379. The quantitative estimate of drug-likeness (QED) is 0.119. The SMILES string of the molecule is C=C(C)C(=O)OCCNC(=O)OC(COc1ccc(/C(=C(\C)C(C)C)C(C)C)cc1)CSc1ccccc1. The molecule has 1 N–H and O–H groups in total. The van der Waals surface area contributed by atoms with Crippen LogP contribution < -0.4 is 10.1 Å². The van der Waals surface area contributed by atoms with Gasteiger partial charge in [0.2, 0.25) is 0 Å². The number of hydrogen-bond acceptors (Lipinski definition) is 6. The van der Waals surface area contributed by atoms with E-state index in [1.54, 1.807) is 18.7 Å². The molecule has 2 aromatic carbocycles. The molecule has 0 saturated carbocycles. The molecule has 1 unspecified atom stereocenters. The summed E-state index contributed by atoms with van der Waals surface area (Å²) in [6, 6.07) is 18.0. The number of nitrogens with one attached hydrogen (secondary N) is 1. The second-order valence-corrected chi connectivity index (χ2v) is 10.8. The van der Waals surface area contributed by atoms with Gasteiger partial charge in [0.05, 0.1) is 6.54 Å². The molecule has 6 nitrogen and oxygen atoms in total. The fourth-order valence-corrected chi connectivity index (χ4v) is 4.57. The highest BCUT2D eigenvalue weighted by Gasteiger charge is 2.17. The summed E-state index contributed by atoms with van der Waals surface area (Å²) in [5.41, 5.74) is 4.25. The maximum atomic E-state index is 12.4. The minimum atomic E-state index is -0.593. The van der Waals surface area contributed by atoms with Crippen molar-refractivity contribution < 1.29 is 23.8 Å². The summed E-state index contributed by atoms with van der Waals surface area (Å²) in [5, 5.41) is 2.62. The van der Waals surface area contributed by atoms with Crippen LogP contribution in [0.25, 0.3) is 5.57 Å². The predicted octanol–water partition coefficient (Wildman–Crippen LogP) is 7.16. The van der Waals surface area contributed by atoms with Crippen molar-refractivity contribution in [1.82, 2.24) is 5.32 Å². The van der Waals surface area contributed by atoms with Crippen molar-refractivity contribution in [3.63, 3.8) is 0 Å². The summed E-state index contributed by atoms with van der Waals surface area (Å²) in [5.74, 6) is 1.64. The summed E-state index contributed by atoms with van der Waals surface area (Å²) in [4.78, 5) is 24.9. The first kappa shape index (κ1) is 31.0. The summed E-state index contributed by atoms with van der Waals surface area (Å²) < 4.78 is 16.7. The van der Waals surface area contributed by atoms with Crippen molar-refractivity contribution >= 4 is 29.4 Å². The van der Waals surface area contributed by atoms with Crippen LogP contribution in [-0.2, 0) is 14.3 Å². The number of alkyl carbamates (subject to hydrolysis) is 1. The third kappa shape index (κ3) is 10.7. The molecule has 1 atom stereocenters. The Bertz CT molecular complexity index is 1080. The van der Waals surface area contributed by atoms with Gasteiger partial charge in [-0.25, -0.2) is 9.59 Å². The van der Waals surface area contributed by atoms with Crippen molar-refractivity contribution in [1.29, 1.82) is 0 Å². The van der Waals surface area contributed by atoms with Gasteiger partial charge in [0.25, 0.3) is 0 Å². The molecule has 0 aliphatic rings. The van der Waals surface area contributed by atoms with Crippen LogP contribution in [0.4, 0.5) is 4.79 Å². The highest BCUT2D eigenvalue weighted by molar-refractivity contribution is 7.99. The Morgan fingerprint density at radius 3 is 2.18 bits per heavy atom. The van der Waals surface area contributed by atoms with Gasteiger partial charge in [-0.2, -0.15) is 0 Å². The number of thioether (sulfide) groups is 1. The van der Waals surface area contributed by atoms with Crippen LogP contribution in [0, 0.1) is 11.8 Å². The van der Waals surface area contributed by atoms with Crippen LogP contribution >= 0.6 is 11.8 Å². The van der Waals surface area contributed by atoms with Gasteiger partial charge in [-0.3, -0.25) is 0 Å². The molecule has 2 aromatic rings. The van der Waals surface area contributed by atoms with Gasteiger partial charge in [0, 0.05) is 16.2 Å². The lowest BCUT2D eigenvalue weighted by Crippen LogP contribution is -2.35. The molecule has 0 aromatic heterocycles. The normalized spacial score (nSPS) is 12.5.